The molecule has 0 saturated heterocycles. The second kappa shape index (κ2) is 5.63. The summed E-state index contributed by atoms with van der Waals surface area (Å²) in [6.45, 7) is 0.928. The van der Waals surface area contributed by atoms with Crippen LogP contribution < -0.4 is 10.1 Å². The molecule has 0 aliphatic heterocycles. The third-order valence-electron chi connectivity index (χ3n) is 3.26. The molecule has 20 heavy (non-hydrogen) atoms. The van der Waals surface area contributed by atoms with E-state index in [2.05, 4.69) is 5.32 Å². The molecule has 1 heterocycles. The SMILES string of the molecule is Fc1ccc(OCc2occc2CNC2CC2)cc1F. The number of furan rings is 1. The molecule has 1 fully saturated rings. The van der Waals surface area contributed by atoms with E-state index >= 15 is 0 Å². The van der Waals surface area contributed by atoms with Crippen molar-refractivity contribution in [1.29, 1.82) is 0 Å². The highest BCUT2D eigenvalue weighted by Gasteiger charge is 2.21. The maximum absolute atomic E-state index is 13.1. The summed E-state index contributed by atoms with van der Waals surface area (Å²) in [5.74, 6) is -0.827. The van der Waals surface area contributed by atoms with Gasteiger partial charge in [0.1, 0.15) is 18.1 Å². The van der Waals surface area contributed by atoms with E-state index in [0.717, 1.165) is 24.2 Å². The first-order chi connectivity index (χ1) is 9.72. The zero-order chi connectivity index (χ0) is 13.9. The number of ether oxygens (including phenoxy) is 1. The Balaban J connectivity index is 1.59. The van der Waals surface area contributed by atoms with Crippen LogP contribution in [0.3, 0.4) is 0 Å². The minimum Gasteiger partial charge on any atom is -0.486 e. The van der Waals surface area contributed by atoms with E-state index in [4.69, 9.17) is 9.15 Å². The Morgan fingerprint density at radius 1 is 1.20 bits per heavy atom. The first-order valence-corrected chi connectivity index (χ1v) is 6.59. The minimum absolute atomic E-state index is 0.194. The van der Waals surface area contributed by atoms with Gasteiger partial charge in [0.25, 0.3) is 0 Å². The maximum atomic E-state index is 13.1. The Kier molecular flexibility index (Phi) is 3.69. The van der Waals surface area contributed by atoms with Gasteiger partial charge in [0.15, 0.2) is 11.6 Å². The quantitative estimate of drug-likeness (QED) is 0.880. The van der Waals surface area contributed by atoms with Gasteiger partial charge in [-0.05, 0) is 31.0 Å². The summed E-state index contributed by atoms with van der Waals surface area (Å²) >= 11 is 0. The summed E-state index contributed by atoms with van der Waals surface area (Å²) < 4.78 is 36.6. The molecule has 0 bridgehead atoms. The highest BCUT2D eigenvalue weighted by Crippen LogP contribution is 2.21. The molecule has 1 saturated carbocycles. The third-order valence-corrected chi connectivity index (χ3v) is 3.26. The zero-order valence-electron chi connectivity index (χ0n) is 10.9. The molecule has 2 aromatic rings. The lowest BCUT2D eigenvalue weighted by Crippen LogP contribution is -2.16. The Morgan fingerprint density at radius 2 is 2.05 bits per heavy atom. The average molecular weight is 279 g/mol. The van der Waals surface area contributed by atoms with Gasteiger partial charge in [-0.25, -0.2) is 8.78 Å². The maximum Gasteiger partial charge on any atom is 0.162 e. The number of nitrogens with one attached hydrogen (secondary N) is 1. The van der Waals surface area contributed by atoms with Crippen molar-refractivity contribution in [2.75, 3.05) is 0 Å². The van der Waals surface area contributed by atoms with E-state index < -0.39 is 11.6 Å². The fourth-order valence-electron chi connectivity index (χ4n) is 1.91. The molecule has 0 unspecified atom stereocenters. The molecular formula is C15H15F2NO2. The van der Waals surface area contributed by atoms with Crippen LogP contribution in [-0.4, -0.2) is 6.04 Å². The normalized spacial score (nSPS) is 14.5. The number of hydrogen-bond acceptors (Lipinski definition) is 3. The molecule has 106 valence electrons. The first-order valence-electron chi connectivity index (χ1n) is 6.59. The van der Waals surface area contributed by atoms with Gasteiger partial charge in [0.05, 0.1) is 6.26 Å². The lowest BCUT2D eigenvalue weighted by Gasteiger charge is -2.07. The lowest BCUT2D eigenvalue weighted by atomic mass is 10.2. The topological polar surface area (TPSA) is 34.4 Å². The van der Waals surface area contributed by atoms with Crippen LogP contribution >= 0.6 is 0 Å². The molecule has 0 amide bonds. The summed E-state index contributed by atoms with van der Waals surface area (Å²) in [5, 5.41) is 3.39. The van der Waals surface area contributed by atoms with E-state index in [1.165, 1.54) is 18.9 Å². The van der Waals surface area contributed by atoms with Crippen LogP contribution in [0.5, 0.6) is 5.75 Å². The van der Waals surface area contributed by atoms with Crippen LogP contribution in [0, 0.1) is 11.6 Å². The molecule has 1 aromatic heterocycles. The second-order valence-corrected chi connectivity index (χ2v) is 4.89. The van der Waals surface area contributed by atoms with Crippen LogP contribution in [-0.2, 0) is 13.2 Å². The Morgan fingerprint density at radius 3 is 2.80 bits per heavy atom. The van der Waals surface area contributed by atoms with Gasteiger partial charge >= 0.3 is 0 Å². The zero-order valence-corrected chi connectivity index (χ0v) is 10.9. The van der Waals surface area contributed by atoms with Crippen molar-refractivity contribution in [1.82, 2.24) is 5.32 Å². The first kappa shape index (κ1) is 13.1. The highest BCUT2D eigenvalue weighted by molar-refractivity contribution is 5.24. The Labute approximate surface area is 115 Å². The van der Waals surface area contributed by atoms with Crippen LogP contribution in [0.4, 0.5) is 8.78 Å². The third kappa shape index (κ3) is 3.17. The monoisotopic (exact) mass is 279 g/mol. The number of rotatable bonds is 6. The average Bonchev–Trinajstić information content (AvgIpc) is 3.16. The molecule has 1 aliphatic rings. The van der Waals surface area contributed by atoms with E-state index in [1.54, 1.807) is 6.26 Å². The Bertz CT molecular complexity index is 593. The fourth-order valence-corrected chi connectivity index (χ4v) is 1.91. The van der Waals surface area contributed by atoms with E-state index in [9.17, 15) is 8.78 Å². The molecular weight excluding hydrogens is 264 g/mol. The van der Waals surface area contributed by atoms with Gasteiger partial charge in [-0.2, -0.15) is 0 Å². The standard InChI is InChI=1S/C15H15F2NO2/c16-13-4-3-12(7-14(13)17)20-9-15-10(5-6-19-15)8-18-11-1-2-11/h3-7,11,18H,1-2,8-9H2. The number of benzene rings is 1. The van der Waals surface area contributed by atoms with Gasteiger partial charge in [-0.15, -0.1) is 0 Å². The summed E-state index contributed by atoms with van der Waals surface area (Å²) in [6, 6.07) is 5.97. The van der Waals surface area contributed by atoms with Gasteiger partial charge in [-0.1, -0.05) is 0 Å². The molecule has 0 atom stereocenters. The Hall–Kier alpha value is -1.88. The second-order valence-electron chi connectivity index (χ2n) is 4.89. The molecule has 1 aromatic carbocycles. The van der Waals surface area contributed by atoms with Crippen LogP contribution in [0.2, 0.25) is 0 Å². The van der Waals surface area contributed by atoms with Gasteiger partial charge in [0, 0.05) is 24.2 Å². The van der Waals surface area contributed by atoms with Crippen molar-refractivity contribution in [3.8, 4) is 5.75 Å². The lowest BCUT2D eigenvalue weighted by molar-refractivity contribution is 0.266. The van der Waals surface area contributed by atoms with E-state index in [1.807, 2.05) is 6.07 Å². The van der Waals surface area contributed by atoms with Gasteiger partial charge < -0.3 is 14.5 Å². The van der Waals surface area contributed by atoms with E-state index in [-0.39, 0.29) is 12.4 Å². The van der Waals surface area contributed by atoms with E-state index in [0.29, 0.717) is 11.8 Å². The van der Waals surface area contributed by atoms with Crippen LogP contribution in [0.25, 0.3) is 0 Å². The van der Waals surface area contributed by atoms with Crippen molar-refractivity contribution in [2.45, 2.75) is 32.0 Å². The summed E-state index contributed by atoms with van der Waals surface area (Å²) in [5.41, 5.74) is 1.03. The molecule has 3 rings (SSSR count). The fraction of sp³-hybridized carbons (Fsp3) is 0.333. The van der Waals surface area contributed by atoms with Crippen molar-refractivity contribution < 1.29 is 17.9 Å². The van der Waals surface area contributed by atoms with Crippen molar-refractivity contribution in [2.24, 2.45) is 0 Å². The number of halogens is 2. The predicted molar refractivity (Wildman–Crippen MR) is 69.3 cm³/mol. The highest BCUT2D eigenvalue weighted by atomic mass is 19.2. The van der Waals surface area contributed by atoms with Crippen molar-refractivity contribution >= 4 is 0 Å². The molecule has 0 spiro atoms. The van der Waals surface area contributed by atoms with Gasteiger partial charge in [-0.3, -0.25) is 0 Å². The molecule has 5 heteroatoms. The summed E-state index contributed by atoms with van der Waals surface area (Å²) in [4.78, 5) is 0. The van der Waals surface area contributed by atoms with Crippen LogP contribution in [0.15, 0.2) is 34.9 Å². The van der Waals surface area contributed by atoms with Gasteiger partial charge in [0.2, 0.25) is 0 Å². The minimum atomic E-state index is -0.919. The smallest absolute Gasteiger partial charge is 0.162 e. The van der Waals surface area contributed by atoms with Crippen LogP contribution in [0.1, 0.15) is 24.2 Å². The molecule has 1 aliphatic carbocycles. The summed E-state index contributed by atoms with van der Waals surface area (Å²) in [6.07, 6.45) is 4.05. The van der Waals surface area contributed by atoms with Crippen molar-refractivity contribution in [3.05, 3.63) is 53.5 Å². The summed E-state index contributed by atoms with van der Waals surface area (Å²) in [7, 11) is 0. The molecule has 1 N–H and O–H groups in total. The molecule has 0 radical (unpaired) electrons. The van der Waals surface area contributed by atoms with Crippen molar-refractivity contribution in [3.63, 3.8) is 0 Å². The number of hydrogen-bond donors (Lipinski definition) is 1. The largest absolute Gasteiger partial charge is 0.486 e. The predicted octanol–water partition coefficient (Wildman–Crippen LogP) is 3.39. The molecule has 3 nitrogen and oxygen atoms in total.